The Labute approximate surface area is 177 Å². The van der Waals surface area contributed by atoms with Crippen LogP contribution in [-0.4, -0.2) is 26.9 Å². The molecular weight excluding hydrogens is 408 g/mol. The van der Waals surface area contributed by atoms with E-state index in [1.54, 1.807) is 48.5 Å². The Morgan fingerprint density at radius 2 is 1.76 bits per heavy atom. The number of hydrogen-bond donors (Lipinski definition) is 1. The second-order valence-corrected chi connectivity index (χ2v) is 10.4. The number of rotatable bonds is 6. The lowest BCUT2D eigenvalue weighted by molar-refractivity contribution is -0.120. The molecule has 4 rings (SSSR count). The number of aryl methyl sites for hydroxylation is 1. The van der Waals surface area contributed by atoms with Crippen molar-refractivity contribution in [1.29, 1.82) is 0 Å². The van der Waals surface area contributed by atoms with Crippen LogP contribution in [0, 0.1) is 18.8 Å². The Kier molecular flexibility index (Phi) is 5.58. The van der Waals surface area contributed by atoms with Gasteiger partial charge in [0.2, 0.25) is 5.91 Å². The monoisotopic (exact) mass is 432 g/mol. The van der Waals surface area contributed by atoms with Crippen LogP contribution in [0.15, 0.2) is 53.4 Å². The number of halogens is 1. The molecule has 2 aromatic carbocycles. The third-order valence-corrected chi connectivity index (χ3v) is 8.14. The van der Waals surface area contributed by atoms with Gasteiger partial charge in [-0.1, -0.05) is 35.7 Å². The molecule has 0 aliphatic heterocycles. The fourth-order valence-electron chi connectivity index (χ4n) is 4.56. The molecule has 2 saturated carbocycles. The predicted octanol–water partition coefficient (Wildman–Crippen LogP) is 4.15. The predicted molar refractivity (Wildman–Crippen MR) is 115 cm³/mol. The zero-order valence-corrected chi connectivity index (χ0v) is 17.9. The van der Waals surface area contributed by atoms with E-state index in [1.165, 1.54) is 12.8 Å². The van der Waals surface area contributed by atoms with Gasteiger partial charge in [-0.3, -0.25) is 9.10 Å². The Balaban J connectivity index is 1.59. The molecule has 3 atom stereocenters. The molecule has 2 fully saturated rings. The molecule has 2 aromatic rings. The summed E-state index contributed by atoms with van der Waals surface area (Å²) in [5.74, 6) is 0.962. The second-order valence-electron chi connectivity index (χ2n) is 8.15. The number of fused-ring (bicyclic) bond motifs is 2. The van der Waals surface area contributed by atoms with Crippen molar-refractivity contribution in [2.75, 3.05) is 10.8 Å². The first-order chi connectivity index (χ1) is 13.8. The van der Waals surface area contributed by atoms with Crippen LogP contribution in [0.5, 0.6) is 0 Å². The highest BCUT2D eigenvalue weighted by atomic mass is 35.5. The Hall–Kier alpha value is -2.05. The fourth-order valence-corrected chi connectivity index (χ4v) is 6.11. The third-order valence-electron chi connectivity index (χ3n) is 6.10. The summed E-state index contributed by atoms with van der Waals surface area (Å²) in [5, 5.41) is 3.59. The molecule has 154 valence electrons. The van der Waals surface area contributed by atoms with Crippen molar-refractivity contribution in [3.05, 3.63) is 59.1 Å². The SMILES string of the molecule is Cc1ccc(S(=O)(=O)N(CC(=O)N[C@H]2C[C@@H]3CC[C@@H]2C3)c2ccc(Cl)cc2)cc1. The molecule has 5 nitrogen and oxygen atoms in total. The molecule has 1 amide bonds. The topological polar surface area (TPSA) is 66.5 Å². The first kappa shape index (κ1) is 20.2. The molecule has 2 aliphatic rings. The Morgan fingerprint density at radius 3 is 2.34 bits per heavy atom. The van der Waals surface area contributed by atoms with E-state index in [2.05, 4.69) is 5.32 Å². The van der Waals surface area contributed by atoms with E-state index in [0.29, 0.717) is 22.5 Å². The minimum atomic E-state index is -3.89. The number of benzene rings is 2. The van der Waals surface area contributed by atoms with Gasteiger partial charge in [0, 0.05) is 11.1 Å². The summed E-state index contributed by atoms with van der Waals surface area (Å²) in [6.45, 7) is 1.64. The van der Waals surface area contributed by atoms with Crippen molar-refractivity contribution in [3.63, 3.8) is 0 Å². The number of anilines is 1. The average Bonchev–Trinajstić information content (AvgIpc) is 3.30. The molecule has 0 aromatic heterocycles. The Morgan fingerprint density at radius 1 is 1.07 bits per heavy atom. The number of nitrogens with zero attached hydrogens (tertiary/aromatic N) is 1. The van der Waals surface area contributed by atoms with Crippen molar-refractivity contribution in [1.82, 2.24) is 5.32 Å². The van der Waals surface area contributed by atoms with Crippen molar-refractivity contribution in [2.45, 2.75) is 43.5 Å². The molecule has 0 saturated heterocycles. The van der Waals surface area contributed by atoms with Gasteiger partial charge in [0.05, 0.1) is 10.6 Å². The lowest BCUT2D eigenvalue weighted by Crippen LogP contribution is -2.45. The highest BCUT2D eigenvalue weighted by molar-refractivity contribution is 7.92. The fraction of sp³-hybridized carbons (Fsp3) is 0.409. The van der Waals surface area contributed by atoms with Gasteiger partial charge in [-0.2, -0.15) is 0 Å². The summed E-state index contributed by atoms with van der Waals surface area (Å²) >= 11 is 5.97. The molecular formula is C22H25ClN2O3S. The minimum absolute atomic E-state index is 0.158. The molecule has 1 N–H and O–H groups in total. The van der Waals surface area contributed by atoms with E-state index in [0.717, 1.165) is 22.7 Å². The van der Waals surface area contributed by atoms with Gasteiger partial charge in [-0.05, 0) is 74.4 Å². The smallest absolute Gasteiger partial charge is 0.264 e. The molecule has 7 heteroatoms. The molecule has 29 heavy (non-hydrogen) atoms. The molecule has 0 spiro atoms. The quantitative estimate of drug-likeness (QED) is 0.745. The van der Waals surface area contributed by atoms with Gasteiger partial charge in [-0.25, -0.2) is 8.42 Å². The van der Waals surface area contributed by atoms with E-state index < -0.39 is 10.0 Å². The zero-order chi connectivity index (χ0) is 20.6. The van der Waals surface area contributed by atoms with Crippen LogP contribution >= 0.6 is 11.6 Å². The van der Waals surface area contributed by atoms with Crippen molar-refractivity contribution in [3.8, 4) is 0 Å². The number of sulfonamides is 1. The van der Waals surface area contributed by atoms with Crippen LogP contribution in [0.2, 0.25) is 5.02 Å². The second kappa shape index (κ2) is 8.00. The number of hydrogen-bond acceptors (Lipinski definition) is 3. The van der Waals surface area contributed by atoms with E-state index in [4.69, 9.17) is 11.6 Å². The van der Waals surface area contributed by atoms with E-state index in [9.17, 15) is 13.2 Å². The van der Waals surface area contributed by atoms with Gasteiger partial charge in [0.15, 0.2) is 0 Å². The first-order valence-electron chi connectivity index (χ1n) is 9.97. The van der Waals surface area contributed by atoms with Gasteiger partial charge in [0.25, 0.3) is 10.0 Å². The van der Waals surface area contributed by atoms with Crippen molar-refractivity contribution >= 4 is 33.2 Å². The molecule has 0 unspecified atom stereocenters. The van der Waals surface area contributed by atoms with Crippen LogP contribution in [-0.2, 0) is 14.8 Å². The summed E-state index contributed by atoms with van der Waals surface area (Å²) in [5.41, 5.74) is 1.38. The molecule has 0 radical (unpaired) electrons. The molecule has 2 aliphatic carbocycles. The van der Waals surface area contributed by atoms with Gasteiger partial charge in [-0.15, -0.1) is 0 Å². The van der Waals surface area contributed by atoms with Gasteiger partial charge < -0.3 is 5.32 Å². The van der Waals surface area contributed by atoms with Crippen LogP contribution in [0.25, 0.3) is 0 Å². The average molecular weight is 433 g/mol. The van der Waals surface area contributed by atoms with E-state index in [-0.39, 0.29) is 23.4 Å². The number of amides is 1. The highest BCUT2D eigenvalue weighted by Gasteiger charge is 2.40. The van der Waals surface area contributed by atoms with Crippen LogP contribution in [0.1, 0.15) is 31.2 Å². The lowest BCUT2D eigenvalue weighted by atomic mass is 9.95. The summed E-state index contributed by atoms with van der Waals surface area (Å²) in [6, 6.07) is 13.3. The highest BCUT2D eigenvalue weighted by Crippen LogP contribution is 2.44. The third kappa shape index (κ3) is 4.28. The van der Waals surface area contributed by atoms with E-state index >= 15 is 0 Å². The molecule has 2 bridgehead atoms. The number of carbonyl (C=O) groups excluding carboxylic acids is 1. The normalized spacial score (nSPS) is 23.2. The minimum Gasteiger partial charge on any atom is -0.352 e. The summed E-state index contributed by atoms with van der Waals surface area (Å²) in [4.78, 5) is 13.0. The van der Waals surface area contributed by atoms with Crippen LogP contribution in [0.4, 0.5) is 5.69 Å². The van der Waals surface area contributed by atoms with Crippen molar-refractivity contribution < 1.29 is 13.2 Å². The van der Waals surface area contributed by atoms with Gasteiger partial charge >= 0.3 is 0 Å². The van der Waals surface area contributed by atoms with Crippen LogP contribution in [0.3, 0.4) is 0 Å². The number of carbonyl (C=O) groups is 1. The summed E-state index contributed by atoms with van der Waals surface area (Å²) < 4.78 is 27.8. The van der Waals surface area contributed by atoms with Gasteiger partial charge in [0.1, 0.15) is 6.54 Å². The van der Waals surface area contributed by atoms with E-state index in [1.807, 2.05) is 6.92 Å². The molecule has 0 heterocycles. The van der Waals surface area contributed by atoms with Crippen molar-refractivity contribution in [2.24, 2.45) is 11.8 Å². The zero-order valence-electron chi connectivity index (χ0n) is 16.3. The maximum atomic E-state index is 13.3. The van der Waals surface area contributed by atoms with Crippen LogP contribution < -0.4 is 9.62 Å². The summed E-state index contributed by atoms with van der Waals surface area (Å²) in [7, 11) is -3.89. The largest absolute Gasteiger partial charge is 0.352 e. The number of nitrogens with one attached hydrogen (secondary N) is 1. The standard InChI is InChI=1S/C22H25ClN2O3S/c1-15-2-10-20(11-3-15)29(27,28)25(19-8-6-18(23)7-9-19)14-22(26)24-21-13-16-4-5-17(21)12-16/h2-3,6-11,16-17,21H,4-5,12-14H2,1H3,(H,24,26)/t16-,17-,21+/m1/s1. The maximum Gasteiger partial charge on any atom is 0.264 e. The maximum absolute atomic E-state index is 13.3. The lowest BCUT2D eigenvalue weighted by Gasteiger charge is -2.27. The summed E-state index contributed by atoms with van der Waals surface area (Å²) in [6.07, 6.45) is 4.57. The Bertz CT molecular complexity index is 990. The first-order valence-corrected chi connectivity index (χ1v) is 11.8.